The van der Waals surface area contributed by atoms with E-state index in [1.54, 1.807) is 18.2 Å². The van der Waals surface area contributed by atoms with E-state index in [-0.39, 0.29) is 11.3 Å². The Morgan fingerprint density at radius 1 is 0.900 bits per heavy atom. The van der Waals surface area contributed by atoms with Gasteiger partial charge in [-0.3, -0.25) is 0 Å². The Kier molecular flexibility index (Phi) is 3.56. The molecule has 6 heteroatoms. The van der Waals surface area contributed by atoms with Crippen LogP contribution in [0.4, 0.5) is 0 Å². The molecule has 3 N–H and O–H groups in total. The van der Waals surface area contributed by atoms with Crippen molar-refractivity contribution in [1.82, 2.24) is 0 Å². The summed E-state index contributed by atoms with van der Waals surface area (Å²) in [5.41, 5.74) is -0.841. The lowest BCUT2D eigenvalue weighted by Gasteiger charge is -2.08. The average Bonchev–Trinajstić information content (AvgIpc) is 2.39. The van der Waals surface area contributed by atoms with Gasteiger partial charge in [-0.2, -0.15) is 0 Å². The SMILES string of the molecule is O=C(O)c1cc(C(=O)Oc2ccccc2)c(O)cc1O. The van der Waals surface area contributed by atoms with Crippen LogP contribution < -0.4 is 4.74 Å². The third kappa shape index (κ3) is 2.69. The topological polar surface area (TPSA) is 104 Å². The van der Waals surface area contributed by atoms with Gasteiger partial charge in [0.1, 0.15) is 28.4 Å². The molecule has 0 fully saturated rings. The molecule has 0 saturated carbocycles. The van der Waals surface area contributed by atoms with Gasteiger partial charge < -0.3 is 20.1 Å². The molecule has 0 unspecified atom stereocenters. The smallest absolute Gasteiger partial charge is 0.347 e. The summed E-state index contributed by atoms with van der Waals surface area (Å²) < 4.78 is 4.98. The fourth-order valence-electron chi connectivity index (χ4n) is 1.56. The van der Waals surface area contributed by atoms with Crippen LogP contribution in [-0.2, 0) is 0 Å². The third-order valence-electron chi connectivity index (χ3n) is 2.52. The number of esters is 1. The first-order valence-corrected chi connectivity index (χ1v) is 5.55. The molecule has 0 aromatic heterocycles. The molecule has 0 spiro atoms. The predicted molar refractivity (Wildman–Crippen MR) is 68.1 cm³/mol. The Morgan fingerprint density at radius 3 is 2.10 bits per heavy atom. The molecule has 2 rings (SSSR count). The first kappa shape index (κ1) is 13.4. The number of phenols is 2. The standard InChI is InChI=1S/C14H10O6/c15-11-7-12(16)10(6-9(11)13(17)18)14(19)20-8-4-2-1-3-5-8/h1-7,15-16H,(H,17,18). The quantitative estimate of drug-likeness (QED) is 0.584. The van der Waals surface area contributed by atoms with Crippen LogP contribution in [-0.4, -0.2) is 27.3 Å². The van der Waals surface area contributed by atoms with Crippen molar-refractivity contribution in [2.75, 3.05) is 0 Å². The van der Waals surface area contributed by atoms with Gasteiger partial charge in [-0.1, -0.05) is 18.2 Å². The Balaban J connectivity index is 2.35. The minimum absolute atomic E-state index is 0.252. The molecule has 2 aromatic rings. The molecule has 0 bridgehead atoms. The van der Waals surface area contributed by atoms with Gasteiger partial charge in [0.25, 0.3) is 0 Å². The van der Waals surface area contributed by atoms with Crippen LogP contribution >= 0.6 is 0 Å². The molecular formula is C14H10O6. The first-order chi connectivity index (χ1) is 9.49. The lowest BCUT2D eigenvalue weighted by atomic mass is 10.1. The second-order valence-corrected chi connectivity index (χ2v) is 3.89. The van der Waals surface area contributed by atoms with E-state index in [0.717, 1.165) is 12.1 Å². The van der Waals surface area contributed by atoms with E-state index in [1.807, 2.05) is 0 Å². The number of carbonyl (C=O) groups is 2. The fraction of sp³-hybridized carbons (Fsp3) is 0. The second-order valence-electron chi connectivity index (χ2n) is 3.89. The van der Waals surface area contributed by atoms with Gasteiger partial charge in [-0.15, -0.1) is 0 Å². The van der Waals surface area contributed by atoms with Crippen molar-refractivity contribution in [3.05, 3.63) is 53.6 Å². The number of phenolic OH excluding ortho intramolecular Hbond substituents is 1. The molecule has 0 aliphatic carbocycles. The highest BCUT2D eigenvalue weighted by Gasteiger charge is 2.20. The van der Waals surface area contributed by atoms with Crippen LogP contribution in [0.1, 0.15) is 20.7 Å². The number of hydrogen-bond acceptors (Lipinski definition) is 5. The summed E-state index contributed by atoms with van der Waals surface area (Å²) in [5, 5.41) is 27.8. The normalized spacial score (nSPS) is 10.0. The predicted octanol–water partition coefficient (Wildman–Crippen LogP) is 2.02. The molecule has 0 atom stereocenters. The molecular weight excluding hydrogens is 264 g/mol. The number of aromatic carboxylic acids is 1. The number of carboxylic acid groups (broad SMARTS) is 1. The van der Waals surface area contributed by atoms with E-state index in [0.29, 0.717) is 0 Å². The molecule has 6 nitrogen and oxygen atoms in total. The highest BCUT2D eigenvalue weighted by molar-refractivity contribution is 5.99. The maximum Gasteiger partial charge on any atom is 0.347 e. The van der Waals surface area contributed by atoms with Crippen LogP contribution in [0.15, 0.2) is 42.5 Å². The fourth-order valence-corrected chi connectivity index (χ4v) is 1.56. The number of rotatable bonds is 3. The van der Waals surface area contributed by atoms with E-state index in [2.05, 4.69) is 0 Å². The summed E-state index contributed by atoms with van der Waals surface area (Å²) in [4.78, 5) is 22.7. The number of aromatic hydroxyl groups is 2. The van der Waals surface area contributed by atoms with Gasteiger partial charge in [0.15, 0.2) is 0 Å². The van der Waals surface area contributed by atoms with E-state index in [4.69, 9.17) is 9.84 Å². The van der Waals surface area contributed by atoms with Gasteiger partial charge in [0, 0.05) is 6.07 Å². The molecule has 0 amide bonds. The number of hydrogen-bond donors (Lipinski definition) is 3. The number of carboxylic acids is 1. The monoisotopic (exact) mass is 274 g/mol. The highest BCUT2D eigenvalue weighted by Crippen LogP contribution is 2.28. The van der Waals surface area contributed by atoms with Crippen LogP contribution in [0.3, 0.4) is 0 Å². The largest absolute Gasteiger partial charge is 0.507 e. The minimum atomic E-state index is -1.42. The average molecular weight is 274 g/mol. The minimum Gasteiger partial charge on any atom is -0.507 e. The first-order valence-electron chi connectivity index (χ1n) is 5.55. The number of benzene rings is 2. The van der Waals surface area contributed by atoms with Crippen molar-refractivity contribution in [2.24, 2.45) is 0 Å². The van der Waals surface area contributed by atoms with Crippen LogP contribution in [0.5, 0.6) is 17.2 Å². The van der Waals surface area contributed by atoms with Crippen molar-refractivity contribution in [1.29, 1.82) is 0 Å². The lowest BCUT2D eigenvalue weighted by molar-refractivity contribution is 0.0693. The maximum absolute atomic E-state index is 11.9. The zero-order valence-electron chi connectivity index (χ0n) is 10.1. The summed E-state index contributed by atoms with van der Waals surface area (Å²) in [7, 11) is 0. The van der Waals surface area contributed by atoms with Gasteiger partial charge in [-0.25, -0.2) is 9.59 Å². The van der Waals surface area contributed by atoms with Gasteiger partial charge >= 0.3 is 11.9 Å². The molecule has 0 saturated heterocycles. The van der Waals surface area contributed by atoms with E-state index >= 15 is 0 Å². The zero-order chi connectivity index (χ0) is 14.7. The summed E-state index contributed by atoms with van der Waals surface area (Å²) in [5.74, 6) is -3.28. The molecule has 0 radical (unpaired) electrons. The number of para-hydroxylation sites is 1. The summed E-state index contributed by atoms with van der Waals surface area (Å²) >= 11 is 0. The summed E-state index contributed by atoms with van der Waals surface area (Å²) in [6.45, 7) is 0. The van der Waals surface area contributed by atoms with Gasteiger partial charge in [-0.05, 0) is 18.2 Å². The zero-order valence-corrected chi connectivity index (χ0v) is 10.1. The molecule has 20 heavy (non-hydrogen) atoms. The van der Waals surface area contributed by atoms with Gasteiger partial charge in [0.05, 0.1) is 0 Å². The Morgan fingerprint density at radius 2 is 1.50 bits per heavy atom. The molecule has 0 aliphatic rings. The molecule has 2 aromatic carbocycles. The van der Waals surface area contributed by atoms with E-state index in [9.17, 15) is 19.8 Å². The third-order valence-corrected chi connectivity index (χ3v) is 2.52. The number of ether oxygens (including phenoxy) is 1. The second kappa shape index (κ2) is 5.31. The molecule has 0 aliphatic heterocycles. The van der Waals surface area contributed by atoms with E-state index in [1.165, 1.54) is 12.1 Å². The Labute approximate surface area is 113 Å². The van der Waals surface area contributed by atoms with Crippen molar-refractivity contribution >= 4 is 11.9 Å². The summed E-state index contributed by atoms with van der Waals surface area (Å²) in [6.07, 6.45) is 0. The molecule has 102 valence electrons. The Bertz CT molecular complexity index is 663. The Hall–Kier alpha value is -3.02. The van der Waals surface area contributed by atoms with Crippen LogP contribution in [0.2, 0.25) is 0 Å². The van der Waals surface area contributed by atoms with Crippen molar-refractivity contribution in [3.8, 4) is 17.2 Å². The van der Waals surface area contributed by atoms with Gasteiger partial charge in [0.2, 0.25) is 0 Å². The van der Waals surface area contributed by atoms with Crippen molar-refractivity contribution in [3.63, 3.8) is 0 Å². The van der Waals surface area contributed by atoms with Crippen molar-refractivity contribution < 1.29 is 29.6 Å². The van der Waals surface area contributed by atoms with Crippen LogP contribution in [0, 0.1) is 0 Å². The molecule has 0 heterocycles. The van der Waals surface area contributed by atoms with Crippen LogP contribution in [0.25, 0.3) is 0 Å². The number of carbonyl (C=O) groups excluding carboxylic acids is 1. The van der Waals surface area contributed by atoms with Crippen molar-refractivity contribution in [2.45, 2.75) is 0 Å². The van der Waals surface area contributed by atoms with E-state index < -0.39 is 29.0 Å². The maximum atomic E-state index is 11.9. The summed E-state index contributed by atoms with van der Waals surface area (Å²) in [6, 6.07) is 9.76. The lowest BCUT2D eigenvalue weighted by Crippen LogP contribution is -2.10. The highest BCUT2D eigenvalue weighted by atomic mass is 16.5.